The molecule has 7 nitrogen and oxygen atoms in total. The molecule has 1 N–H and O–H groups in total. The van der Waals surface area contributed by atoms with E-state index in [-0.39, 0.29) is 22.2 Å². The van der Waals surface area contributed by atoms with Crippen molar-refractivity contribution in [1.82, 2.24) is 9.62 Å². The Balaban J connectivity index is 2.85. The quantitative estimate of drug-likeness (QED) is 0.760. The predicted octanol–water partition coefficient (Wildman–Crippen LogP) is 0.237. The number of sulfone groups is 1. The van der Waals surface area contributed by atoms with Crippen molar-refractivity contribution in [3.63, 3.8) is 0 Å². The topological polar surface area (TPSA) is 101 Å². The van der Waals surface area contributed by atoms with Gasteiger partial charge in [-0.25, -0.2) is 21.6 Å². The highest BCUT2D eigenvalue weighted by molar-refractivity contribution is 7.90. The first-order valence-corrected chi connectivity index (χ1v) is 10.1. The van der Waals surface area contributed by atoms with Crippen LogP contribution in [0.25, 0.3) is 0 Å². The Hall–Kier alpha value is -1.45. The Morgan fingerprint density at radius 2 is 1.45 bits per heavy atom. The van der Waals surface area contributed by atoms with Gasteiger partial charge in [-0.05, 0) is 38.1 Å². The lowest BCUT2D eigenvalue weighted by atomic mass is 10.4. The van der Waals surface area contributed by atoms with Crippen LogP contribution in [-0.4, -0.2) is 53.5 Å². The molecule has 0 bridgehead atoms. The van der Waals surface area contributed by atoms with Crippen molar-refractivity contribution in [2.75, 3.05) is 25.9 Å². The van der Waals surface area contributed by atoms with Gasteiger partial charge in [0, 0.05) is 19.3 Å². The summed E-state index contributed by atoms with van der Waals surface area (Å²) in [6.07, 6.45) is 1.04. The van der Waals surface area contributed by atoms with Gasteiger partial charge in [0.15, 0.2) is 9.84 Å². The van der Waals surface area contributed by atoms with Crippen LogP contribution in [0, 0.1) is 0 Å². The molecule has 124 valence electrons. The number of hydrogen-bond donors (Lipinski definition) is 1. The fourth-order valence-electron chi connectivity index (χ4n) is 1.79. The minimum Gasteiger partial charge on any atom is -0.342 e. The molecule has 0 radical (unpaired) electrons. The molecule has 0 heterocycles. The number of rotatable bonds is 7. The molecule has 0 saturated carbocycles. The lowest BCUT2D eigenvalue weighted by molar-refractivity contribution is -0.129. The minimum atomic E-state index is -3.86. The number of nitrogens with zero attached hydrogens (tertiary/aromatic N) is 1. The van der Waals surface area contributed by atoms with E-state index in [4.69, 9.17) is 0 Å². The molecule has 22 heavy (non-hydrogen) atoms. The standard InChI is InChI=1S/C13H20N2O5S2/c1-4-15(5-2)13(16)10-14-22(19,20)12-8-6-11(7-9-12)21(3,17)18/h6-9,14H,4-5,10H2,1-3H3. The first-order chi connectivity index (χ1) is 10.1. The summed E-state index contributed by atoms with van der Waals surface area (Å²) >= 11 is 0. The van der Waals surface area contributed by atoms with E-state index in [1.807, 2.05) is 0 Å². The van der Waals surface area contributed by atoms with Gasteiger partial charge in [0.25, 0.3) is 0 Å². The number of hydrogen-bond acceptors (Lipinski definition) is 5. The average Bonchev–Trinajstić information content (AvgIpc) is 2.46. The van der Waals surface area contributed by atoms with E-state index < -0.39 is 19.9 Å². The van der Waals surface area contributed by atoms with Crippen LogP contribution in [0.5, 0.6) is 0 Å². The third kappa shape index (κ3) is 4.79. The lowest BCUT2D eigenvalue weighted by Gasteiger charge is -2.18. The summed E-state index contributed by atoms with van der Waals surface area (Å²) in [6.45, 7) is 4.28. The van der Waals surface area contributed by atoms with E-state index in [0.29, 0.717) is 13.1 Å². The molecule has 1 aromatic carbocycles. The smallest absolute Gasteiger partial charge is 0.241 e. The van der Waals surface area contributed by atoms with Crippen LogP contribution in [0.2, 0.25) is 0 Å². The summed E-state index contributed by atoms with van der Waals surface area (Å²) in [5.74, 6) is -0.318. The molecule has 1 rings (SSSR count). The molecule has 1 amide bonds. The average molecular weight is 348 g/mol. The number of sulfonamides is 1. The second kappa shape index (κ2) is 7.21. The Bertz CT molecular complexity index is 720. The van der Waals surface area contributed by atoms with Gasteiger partial charge in [0.1, 0.15) is 0 Å². The van der Waals surface area contributed by atoms with Gasteiger partial charge in [-0.3, -0.25) is 4.79 Å². The molecule has 0 unspecified atom stereocenters. The SMILES string of the molecule is CCN(CC)C(=O)CNS(=O)(=O)c1ccc(S(C)(=O)=O)cc1. The van der Waals surface area contributed by atoms with Crippen molar-refractivity contribution in [3.05, 3.63) is 24.3 Å². The number of amides is 1. The summed E-state index contributed by atoms with van der Waals surface area (Å²) < 4.78 is 49.0. The fourth-order valence-corrected chi connectivity index (χ4v) is 3.40. The number of likely N-dealkylation sites (N-methyl/N-ethyl adjacent to an activating group) is 1. The third-order valence-electron chi connectivity index (χ3n) is 3.09. The highest BCUT2D eigenvalue weighted by Crippen LogP contribution is 2.14. The summed E-state index contributed by atoms with van der Waals surface area (Å²) in [6, 6.07) is 4.83. The Labute approximate surface area is 131 Å². The van der Waals surface area contributed by atoms with Gasteiger partial charge < -0.3 is 4.90 Å². The van der Waals surface area contributed by atoms with Crippen LogP contribution in [0.3, 0.4) is 0 Å². The van der Waals surface area contributed by atoms with Gasteiger partial charge in [0.2, 0.25) is 15.9 Å². The molecule has 0 aliphatic carbocycles. The molecule has 1 aromatic rings. The highest BCUT2D eigenvalue weighted by atomic mass is 32.2. The molecular weight excluding hydrogens is 328 g/mol. The molecule has 0 atom stereocenters. The second-order valence-corrected chi connectivity index (χ2v) is 8.42. The largest absolute Gasteiger partial charge is 0.342 e. The molecule has 0 aromatic heterocycles. The first-order valence-electron chi connectivity index (χ1n) is 6.69. The van der Waals surface area contributed by atoms with Crippen molar-refractivity contribution in [2.24, 2.45) is 0 Å². The lowest BCUT2D eigenvalue weighted by Crippen LogP contribution is -2.39. The van der Waals surface area contributed by atoms with Gasteiger partial charge in [-0.1, -0.05) is 0 Å². The zero-order valence-electron chi connectivity index (χ0n) is 12.7. The van der Waals surface area contributed by atoms with Gasteiger partial charge in [0.05, 0.1) is 16.3 Å². The van der Waals surface area contributed by atoms with Crippen molar-refractivity contribution < 1.29 is 21.6 Å². The monoisotopic (exact) mass is 348 g/mol. The molecular formula is C13H20N2O5S2. The fraction of sp³-hybridized carbons (Fsp3) is 0.462. The van der Waals surface area contributed by atoms with Crippen LogP contribution >= 0.6 is 0 Å². The number of carbonyl (C=O) groups excluding carboxylic acids is 1. The summed E-state index contributed by atoms with van der Waals surface area (Å²) in [5.41, 5.74) is 0. The third-order valence-corrected chi connectivity index (χ3v) is 5.64. The normalized spacial score (nSPS) is 12.1. The molecule has 0 spiro atoms. The molecule has 0 aliphatic rings. The van der Waals surface area contributed by atoms with Crippen LogP contribution in [0.4, 0.5) is 0 Å². The Morgan fingerprint density at radius 3 is 1.86 bits per heavy atom. The zero-order valence-corrected chi connectivity index (χ0v) is 14.4. The second-order valence-electron chi connectivity index (χ2n) is 4.63. The molecule has 0 fully saturated rings. The van der Waals surface area contributed by atoms with E-state index in [2.05, 4.69) is 4.72 Å². The molecule has 0 saturated heterocycles. The predicted molar refractivity (Wildman–Crippen MR) is 82.7 cm³/mol. The summed E-state index contributed by atoms with van der Waals surface area (Å²) in [5, 5.41) is 0. The number of nitrogens with one attached hydrogen (secondary N) is 1. The first kappa shape index (κ1) is 18.6. The van der Waals surface area contributed by atoms with E-state index in [9.17, 15) is 21.6 Å². The van der Waals surface area contributed by atoms with Crippen molar-refractivity contribution in [1.29, 1.82) is 0 Å². The van der Waals surface area contributed by atoms with Gasteiger partial charge >= 0.3 is 0 Å². The van der Waals surface area contributed by atoms with Crippen LogP contribution in [0.1, 0.15) is 13.8 Å². The van der Waals surface area contributed by atoms with Crippen LogP contribution in [-0.2, 0) is 24.7 Å². The molecule has 0 aliphatic heterocycles. The Kier molecular flexibility index (Phi) is 6.09. The van der Waals surface area contributed by atoms with Crippen LogP contribution < -0.4 is 4.72 Å². The number of carbonyl (C=O) groups is 1. The van der Waals surface area contributed by atoms with E-state index in [0.717, 1.165) is 6.26 Å². The van der Waals surface area contributed by atoms with Crippen LogP contribution in [0.15, 0.2) is 34.1 Å². The van der Waals surface area contributed by atoms with Crippen molar-refractivity contribution in [2.45, 2.75) is 23.6 Å². The molecule has 9 heteroatoms. The highest BCUT2D eigenvalue weighted by Gasteiger charge is 2.18. The maximum absolute atomic E-state index is 12.1. The van der Waals surface area contributed by atoms with E-state index in [1.165, 1.54) is 29.2 Å². The summed E-state index contributed by atoms with van der Waals surface area (Å²) in [7, 11) is -7.24. The van der Waals surface area contributed by atoms with Crippen molar-refractivity contribution in [3.8, 4) is 0 Å². The zero-order chi connectivity index (χ0) is 17.0. The van der Waals surface area contributed by atoms with Crippen molar-refractivity contribution >= 4 is 25.8 Å². The number of benzene rings is 1. The van der Waals surface area contributed by atoms with E-state index in [1.54, 1.807) is 13.8 Å². The van der Waals surface area contributed by atoms with Gasteiger partial charge in [-0.15, -0.1) is 0 Å². The Morgan fingerprint density at radius 1 is 1.00 bits per heavy atom. The van der Waals surface area contributed by atoms with Gasteiger partial charge in [-0.2, -0.15) is 0 Å². The summed E-state index contributed by atoms with van der Waals surface area (Å²) in [4.78, 5) is 13.2. The minimum absolute atomic E-state index is 0.0330. The van der Waals surface area contributed by atoms with E-state index >= 15 is 0 Å². The maximum Gasteiger partial charge on any atom is 0.241 e. The maximum atomic E-state index is 12.1.